The Balaban J connectivity index is 2.22. The van der Waals surface area contributed by atoms with Crippen LogP contribution < -0.4 is 11.5 Å². The van der Waals surface area contributed by atoms with E-state index in [0.717, 1.165) is 0 Å². The number of rotatable bonds is 5. The lowest BCUT2D eigenvalue weighted by atomic mass is 9.96. The van der Waals surface area contributed by atoms with E-state index in [1.54, 1.807) is 0 Å². The van der Waals surface area contributed by atoms with E-state index in [0.29, 0.717) is 0 Å². The van der Waals surface area contributed by atoms with Crippen molar-refractivity contribution in [3.63, 3.8) is 0 Å². The van der Waals surface area contributed by atoms with Gasteiger partial charge < -0.3 is 56.3 Å². The Hall–Kier alpha value is -0.930. The first-order valence-corrected chi connectivity index (χ1v) is 7.18. The van der Waals surface area contributed by atoms with E-state index in [2.05, 4.69) is 0 Å². The summed E-state index contributed by atoms with van der Waals surface area (Å²) < 4.78 is 15.6. The SMILES string of the molecule is NC(=O)[C@H]1O[C@H](O[C@]2(CO)O[C@H](CO)[C@@H](O)[C@@H]2O)[C@H](N)[C@@H](O)[C@@H]1O. The van der Waals surface area contributed by atoms with Crippen LogP contribution >= 0.6 is 0 Å². The molecule has 0 aromatic heterocycles. The maximum absolute atomic E-state index is 11.3. The number of aliphatic hydroxyl groups excluding tert-OH is 6. The third kappa shape index (κ3) is 3.13. The highest BCUT2D eigenvalue weighted by molar-refractivity contribution is 5.79. The van der Waals surface area contributed by atoms with Gasteiger partial charge in [0, 0.05) is 0 Å². The summed E-state index contributed by atoms with van der Waals surface area (Å²) >= 11 is 0. The average Bonchev–Trinajstić information content (AvgIpc) is 2.80. The number of primary amides is 1. The van der Waals surface area contributed by atoms with Crippen LogP contribution in [0, 0.1) is 0 Å². The molecule has 140 valence electrons. The Morgan fingerprint density at radius 3 is 2.21 bits per heavy atom. The summed E-state index contributed by atoms with van der Waals surface area (Å²) in [5.41, 5.74) is 10.7. The number of aliphatic hydroxyl groups is 6. The van der Waals surface area contributed by atoms with Crippen molar-refractivity contribution in [2.24, 2.45) is 11.5 Å². The summed E-state index contributed by atoms with van der Waals surface area (Å²) in [7, 11) is 0. The molecule has 2 aliphatic rings. The van der Waals surface area contributed by atoms with Crippen LogP contribution in [0.2, 0.25) is 0 Å². The zero-order valence-corrected chi connectivity index (χ0v) is 12.5. The zero-order chi connectivity index (χ0) is 18.2. The van der Waals surface area contributed by atoms with Gasteiger partial charge in [-0.3, -0.25) is 4.79 Å². The number of carbonyl (C=O) groups is 1. The van der Waals surface area contributed by atoms with E-state index < -0.39 is 73.9 Å². The van der Waals surface area contributed by atoms with Crippen LogP contribution in [-0.2, 0) is 19.0 Å². The summed E-state index contributed by atoms with van der Waals surface area (Å²) in [5.74, 6) is -3.32. The van der Waals surface area contributed by atoms with E-state index in [1.807, 2.05) is 0 Å². The second-order valence-electron chi connectivity index (χ2n) is 5.75. The van der Waals surface area contributed by atoms with E-state index in [1.165, 1.54) is 0 Å². The number of nitrogens with two attached hydrogens (primary N) is 2. The fourth-order valence-corrected chi connectivity index (χ4v) is 2.69. The predicted molar refractivity (Wildman–Crippen MR) is 72.7 cm³/mol. The highest BCUT2D eigenvalue weighted by atomic mass is 16.8. The Kier molecular flexibility index (Phi) is 5.76. The number of hydrogen-bond donors (Lipinski definition) is 8. The van der Waals surface area contributed by atoms with Gasteiger partial charge >= 0.3 is 0 Å². The average molecular weight is 354 g/mol. The molecular formula is C12H22N2O10. The van der Waals surface area contributed by atoms with Crippen molar-refractivity contribution in [3.8, 4) is 0 Å². The third-order valence-corrected chi connectivity index (χ3v) is 4.15. The monoisotopic (exact) mass is 354 g/mol. The molecule has 24 heavy (non-hydrogen) atoms. The van der Waals surface area contributed by atoms with Gasteiger partial charge in [0.25, 0.3) is 0 Å². The minimum Gasteiger partial charge on any atom is -0.394 e. The number of hydrogen-bond acceptors (Lipinski definition) is 11. The fourth-order valence-electron chi connectivity index (χ4n) is 2.69. The second kappa shape index (κ2) is 7.13. The molecule has 1 amide bonds. The lowest BCUT2D eigenvalue weighted by molar-refractivity contribution is -0.361. The minimum atomic E-state index is -2.22. The minimum absolute atomic E-state index is 0.674. The molecule has 0 bridgehead atoms. The summed E-state index contributed by atoms with van der Waals surface area (Å²) in [6.45, 7) is -1.64. The zero-order valence-electron chi connectivity index (χ0n) is 12.5. The van der Waals surface area contributed by atoms with Gasteiger partial charge in [-0.2, -0.15) is 0 Å². The maximum atomic E-state index is 11.3. The van der Waals surface area contributed by atoms with Gasteiger partial charge in [0.15, 0.2) is 12.4 Å². The van der Waals surface area contributed by atoms with Crippen molar-refractivity contribution in [3.05, 3.63) is 0 Å². The highest BCUT2D eigenvalue weighted by Crippen LogP contribution is 2.35. The van der Waals surface area contributed by atoms with Crippen LogP contribution in [0.1, 0.15) is 0 Å². The molecule has 10 N–H and O–H groups in total. The molecule has 2 rings (SSSR count). The molecule has 9 atom stereocenters. The summed E-state index contributed by atoms with van der Waals surface area (Å²) in [6, 6.07) is -1.39. The van der Waals surface area contributed by atoms with Crippen LogP contribution in [0.5, 0.6) is 0 Å². The van der Waals surface area contributed by atoms with Crippen molar-refractivity contribution < 1.29 is 49.6 Å². The predicted octanol–water partition coefficient (Wildman–Crippen LogP) is -5.94. The van der Waals surface area contributed by atoms with Crippen LogP contribution in [0.15, 0.2) is 0 Å². The molecule has 0 spiro atoms. The van der Waals surface area contributed by atoms with Gasteiger partial charge in [0.05, 0.1) is 12.6 Å². The van der Waals surface area contributed by atoms with Gasteiger partial charge in [-0.1, -0.05) is 0 Å². The van der Waals surface area contributed by atoms with Crippen molar-refractivity contribution in [1.82, 2.24) is 0 Å². The largest absolute Gasteiger partial charge is 0.394 e. The topological polar surface area (TPSA) is 218 Å². The van der Waals surface area contributed by atoms with Crippen LogP contribution in [0.3, 0.4) is 0 Å². The Morgan fingerprint density at radius 1 is 1.12 bits per heavy atom. The number of ether oxygens (including phenoxy) is 3. The molecule has 0 aliphatic carbocycles. The van der Waals surface area contributed by atoms with E-state index in [4.69, 9.17) is 30.8 Å². The molecule has 0 aromatic rings. The van der Waals surface area contributed by atoms with Crippen LogP contribution in [0.25, 0.3) is 0 Å². The number of amides is 1. The fraction of sp³-hybridized carbons (Fsp3) is 0.917. The van der Waals surface area contributed by atoms with E-state index in [9.17, 15) is 30.3 Å². The van der Waals surface area contributed by atoms with Crippen LogP contribution in [-0.4, -0.2) is 105 Å². The first-order chi connectivity index (χ1) is 11.2. The van der Waals surface area contributed by atoms with Crippen molar-refractivity contribution in [2.45, 2.75) is 54.7 Å². The third-order valence-electron chi connectivity index (χ3n) is 4.15. The van der Waals surface area contributed by atoms with Crippen LogP contribution in [0.4, 0.5) is 0 Å². The summed E-state index contributed by atoms with van der Waals surface area (Å²) in [4.78, 5) is 11.3. The smallest absolute Gasteiger partial charge is 0.249 e. The quantitative estimate of drug-likeness (QED) is 0.232. The standard InChI is InChI=1S/C12H22N2O10/c13-4-6(18)7(19)8(10(14)21)22-11(4)24-12(2-16)9(20)5(17)3(1-15)23-12/h3-9,11,15-20H,1-2,13H2,(H2,14,21)/t3-,4-,5-,6-,7+,8+,9+,11-,12+/m1/s1. The van der Waals surface area contributed by atoms with Gasteiger partial charge in [0.2, 0.25) is 11.7 Å². The van der Waals surface area contributed by atoms with Gasteiger partial charge in [-0.25, -0.2) is 0 Å². The summed E-state index contributed by atoms with van der Waals surface area (Å²) in [5, 5.41) is 58.1. The molecule has 2 saturated heterocycles. The molecule has 2 fully saturated rings. The molecule has 0 saturated carbocycles. The van der Waals surface area contributed by atoms with Crippen molar-refractivity contribution in [2.75, 3.05) is 13.2 Å². The molecule has 2 aliphatic heterocycles. The Labute approximate surface area is 136 Å². The van der Waals surface area contributed by atoms with E-state index >= 15 is 0 Å². The molecule has 12 heteroatoms. The lowest BCUT2D eigenvalue weighted by Gasteiger charge is -2.43. The van der Waals surface area contributed by atoms with Crippen molar-refractivity contribution >= 4 is 5.91 Å². The van der Waals surface area contributed by atoms with Gasteiger partial charge in [0.1, 0.15) is 37.1 Å². The first-order valence-electron chi connectivity index (χ1n) is 7.18. The molecule has 0 unspecified atom stereocenters. The van der Waals surface area contributed by atoms with Gasteiger partial charge in [-0.15, -0.1) is 0 Å². The normalized spacial score (nSPS) is 49.3. The molecule has 0 aromatic carbocycles. The maximum Gasteiger partial charge on any atom is 0.249 e. The highest BCUT2D eigenvalue weighted by Gasteiger charge is 2.58. The lowest BCUT2D eigenvalue weighted by Crippen LogP contribution is -2.66. The molecule has 0 radical (unpaired) electrons. The molecule has 2 heterocycles. The second-order valence-corrected chi connectivity index (χ2v) is 5.75. The molecular weight excluding hydrogens is 332 g/mol. The van der Waals surface area contributed by atoms with E-state index in [-0.39, 0.29) is 0 Å². The Morgan fingerprint density at radius 2 is 1.75 bits per heavy atom. The summed E-state index contributed by atoms with van der Waals surface area (Å²) in [6.07, 6.45) is -11.3. The van der Waals surface area contributed by atoms with Gasteiger partial charge in [-0.05, 0) is 0 Å². The molecule has 12 nitrogen and oxygen atoms in total. The first kappa shape index (κ1) is 19.4. The Bertz CT molecular complexity index is 467. The number of carbonyl (C=O) groups excluding carboxylic acids is 1. The van der Waals surface area contributed by atoms with Crippen molar-refractivity contribution in [1.29, 1.82) is 0 Å².